The maximum absolute atomic E-state index is 14.1. The lowest BCUT2D eigenvalue weighted by Crippen LogP contribution is -2.51. The number of hydrogen-bond donors (Lipinski definition) is 2. The molecule has 0 spiro atoms. The summed E-state index contributed by atoms with van der Waals surface area (Å²) in [5, 5.41) is 21.5. The molecule has 5 rings (SSSR count). The van der Waals surface area contributed by atoms with Crippen LogP contribution in [0.1, 0.15) is 27.4 Å². The first kappa shape index (κ1) is 24.6. The van der Waals surface area contributed by atoms with Gasteiger partial charge in [-0.2, -0.15) is 0 Å². The Morgan fingerprint density at radius 2 is 1.30 bits per heavy atom. The molecule has 182 valence electrons. The largest absolute Gasteiger partial charge is 0.507 e. The third kappa shape index (κ3) is 4.71. The molecule has 1 aliphatic rings. The highest BCUT2D eigenvalue weighted by molar-refractivity contribution is 7.80. The number of aliphatic hydroxyl groups is 1. The summed E-state index contributed by atoms with van der Waals surface area (Å²) in [7, 11) is 0. The molecular formula is C31H23ClN2O2S. The average Bonchev–Trinajstić information content (AvgIpc) is 2.94. The maximum Gasteiger partial charge on any atom is 0.173 e. The van der Waals surface area contributed by atoms with Crippen LogP contribution in [0.4, 0.5) is 5.69 Å². The molecule has 4 aromatic rings. The van der Waals surface area contributed by atoms with Gasteiger partial charge in [0.1, 0.15) is 16.6 Å². The number of para-hydroxylation sites is 1. The predicted molar refractivity (Wildman–Crippen MR) is 154 cm³/mol. The summed E-state index contributed by atoms with van der Waals surface area (Å²) in [4.78, 5) is 16.0. The minimum atomic E-state index is -0.853. The van der Waals surface area contributed by atoms with Crippen LogP contribution in [0.5, 0.6) is 0 Å². The number of amidine groups is 1. The first-order valence-corrected chi connectivity index (χ1v) is 12.6. The van der Waals surface area contributed by atoms with Crippen molar-refractivity contribution in [1.82, 2.24) is 0 Å². The molecule has 6 heteroatoms. The van der Waals surface area contributed by atoms with Gasteiger partial charge in [0.25, 0.3) is 0 Å². The number of Topliss-reactive ketones (excluding diaryl/α,β-unsaturated/α-hetero) is 1. The van der Waals surface area contributed by atoms with Gasteiger partial charge in [-0.05, 0) is 29.8 Å². The number of benzene rings is 4. The fourth-order valence-corrected chi connectivity index (χ4v) is 5.31. The van der Waals surface area contributed by atoms with E-state index in [4.69, 9.17) is 23.8 Å². The number of hydrogen-bond acceptors (Lipinski definition) is 4. The molecule has 1 aliphatic heterocycles. The molecule has 0 unspecified atom stereocenters. The Kier molecular flexibility index (Phi) is 6.99. The Morgan fingerprint density at radius 3 is 1.86 bits per heavy atom. The van der Waals surface area contributed by atoms with Crippen LogP contribution in [0.15, 0.2) is 121 Å². The van der Waals surface area contributed by atoms with Crippen molar-refractivity contribution in [2.24, 2.45) is 5.92 Å². The Hall–Kier alpha value is -4.06. The summed E-state index contributed by atoms with van der Waals surface area (Å²) in [6, 6.07) is 34.5. The van der Waals surface area contributed by atoms with Crippen molar-refractivity contribution >= 4 is 51.9 Å². The van der Waals surface area contributed by atoms with E-state index >= 15 is 0 Å². The third-order valence-corrected chi connectivity index (χ3v) is 7.18. The van der Waals surface area contributed by atoms with Crippen LogP contribution in [0.3, 0.4) is 0 Å². The zero-order valence-corrected chi connectivity index (χ0v) is 21.3. The number of aliphatic hydroxyl groups excluding tert-OH is 1. The number of carbonyl (C=O) groups is 1. The number of thiocarbonyl (C=S) groups is 1. The van der Waals surface area contributed by atoms with Crippen LogP contribution in [0.2, 0.25) is 5.02 Å². The highest BCUT2D eigenvalue weighted by Gasteiger charge is 2.47. The van der Waals surface area contributed by atoms with Gasteiger partial charge in [0.2, 0.25) is 0 Å². The van der Waals surface area contributed by atoms with Crippen LogP contribution in [-0.4, -0.2) is 21.7 Å². The summed E-state index contributed by atoms with van der Waals surface area (Å²) in [6.45, 7) is 0. The second kappa shape index (κ2) is 10.5. The van der Waals surface area contributed by atoms with Gasteiger partial charge in [-0.3, -0.25) is 15.1 Å². The third-order valence-electron chi connectivity index (χ3n) is 6.50. The van der Waals surface area contributed by atoms with Gasteiger partial charge in [-0.1, -0.05) is 115 Å². The molecule has 0 radical (unpaired) electrons. The summed E-state index contributed by atoms with van der Waals surface area (Å²) in [5.74, 6) is -1.79. The normalized spacial score (nSPS) is 19.0. The Morgan fingerprint density at radius 1 is 0.784 bits per heavy atom. The van der Waals surface area contributed by atoms with Crippen molar-refractivity contribution in [2.45, 2.75) is 5.92 Å². The fraction of sp³-hybridized carbons (Fsp3) is 0.0645. The smallest absolute Gasteiger partial charge is 0.173 e. The molecule has 4 aromatic carbocycles. The van der Waals surface area contributed by atoms with Crippen LogP contribution in [0.25, 0.3) is 5.76 Å². The minimum Gasteiger partial charge on any atom is -0.507 e. The summed E-state index contributed by atoms with van der Waals surface area (Å²) < 4.78 is 0. The highest BCUT2D eigenvalue weighted by Crippen LogP contribution is 2.45. The van der Waals surface area contributed by atoms with Gasteiger partial charge in [0, 0.05) is 33.3 Å². The van der Waals surface area contributed by atoms with E-state index in [1.165, 1.54) is 0 Å². The van der Waals surface area contributed by atoms with Crippen LogP contribution < -0.4 is 4.90 Å². The number of anilines is 1. The zero-order chi connectivity index (χ0) is 25.9. The molecule has 2 atom stereocenters. The van der Waals surface area contributed by atoms with E-state index < -0.39 is 11.8 Å². The minimum absolute atomic E-state index is 0.0228. The number of halogens is 1. The molecule has 0 bridgehead atoms. The van der Waals surface area contributed by atoms with E-state index in [1.54, 1.807) is 41.3 Å². The van der Waals surface area contributed by atoms with Crippen molar-refractivity contribution in [3.05, 3.63) is 143 Å². The number of ketones is 1. The predicted octanol–water partition coefficient (Wildman–Crippen LogP) is 7.72. The molecular weight excluding hydrogens is 500 g/mol. The zero-order valence-electron chi connectivity index (χ0n) is 19.7. The molecule has 1 heterocycles. The van der Waals surface area contributed by atoms with E-state index in [9.17, 15) is 15.3 Å². The molecule has 37 heavy (non-hydrogen) atoms. The van der Waals surface area contributed by atoms with E-state index in [1.807, 2.05) is 78.9 Å². The lowest BCUT2D eigenvalue weighted by atomic mass is 9.72. The summed E-state index contributed by atoms with van der Waals surface area (Å²) in [5.41, 5.74) is 2.76. The van der Waals surface area contributed by atoms with Gasteiger partial charge in [0.15, 0.2) is 5.78 Å². The summed E-state index contributed by atoms with van der Waals surface area (Å²) in [6.07, 6.45) is 0. The van der Waals surface area contributed by atoms with Gasteiger partial charge in [-0.15, -0.1) is 0 Å². The van der Waals surface area contributed by atoms with Gasteiger partial charge in [-0.25, -0.2) is 0 Å². The monoisotopic (exact) mass is 522 g/mol. The highest BCUT2D eigenvalue weighted by atomic mass is 35.5. The second-order valence-electron chi connectivity index (χ2n) is 8.72. The molecule has 2 N–H and O–H groups in total. The molecule has 4 nitrogen and oxygen atoms in total. The number of piperidine rings is 1. The van der Waals surface area contributed by atoms with Crippen molar-refractivity contribution in [1.29, 1.82) is 5.41 Å². The number of carbonyl (C=O) groups excluding carboxylic acids is 1. The van der Waals surface area contributed by atoms with Crippen molar-refractivity contribution in [2.75, 3.05) is 4.90 Å². The summed E-state index contributed by atoms with van der Waals surface area (Å²) >= 11 is 12.2. The van der Waals surface area contributed by atoms with Crippen molar-refractivity contribution in [3.8, 4) is 0 Å². The lowest BCUT2D eigenvalue weighted by molar-refractivity contribution is 0.0946. The maximum atomic E-state index is 14.1. The molecule has 0 saturated carbocycles. The first-order chi connectivity index (χ1) is 18.0. The van der Waals surface area contributed by atoms with Crippen molar-refractivity contribution < 1.29 is 9.90 Å². The molecule has 0 aliphatic carbocycles. The van der Waals surface area contributed by atoms with Crippen LogP contribution in [-0.2, 0) is 0 Å². The average molecular weight is 523 g/mol. The Bertz CT molecular complexity index is 1490. The van der Waals surface area contributed by atoms with E-state index in [-0.39, 0.29) is 17.4 Å². The molecule has 1 fully saturated rings. The standard InChI is InChI=1S/C31H23ClN2O2S/c32-23-18-16-20(17-19-23)25-26(28(35)21-10-4-1-5-11-21)30(33)34(24-14-8-3-9-15-24)31(37)27(25)29(36)22-12-6-2-7-13-22/h1-19,25,27,33,35H/b28-26+,33-30?/t25-,27-/m1/s1. The van der Waals surface area contributed by atoms with Gasteiger partial charge < -0.3 is 5.11 Å². The lowest BCUT2D eigenvalue weighted by Gasteiger charge is -2.42. The topological polar surface area (TPSA) is 64.4 Å². The van der Waals surface area contributed by atoms with Gasteiger partial charge >= 0.3 is 0 Å². The SMILES string of the molecule is N=C1/C(=C(/O)c2ccccc2)[C@@H](c2ccc(Cl)cc2)[C@H](C(=O)c2ccccc2)C(=S)N1c1ccccc1. The van der Waals surface area contributed by atoms with E-state index in [2.05, 4.69) is 0 Å². The Labute approximate surface area is 226 Å². The van der Waals surface area contributed by atoms with Crippen molar-refractivity contribution in [3.63, 3.8) is 0 Å². The van der Waals surface area contributed by atoms with Crippen LogP contribution in [0, 0.1) is 11.3 Å². The number of nitrogens with zero attached hydrogens (tertiary/aromatic N) is 1. The molecule has 0 aromatic heterocycles. The van der Waals surface area contributed by atoms with Crippen LogP contribution >= 0.6 is 23.8 Å². The van der Waals surface area contributed by atoms with E-state index in [0.717, 1.165) is 5.56 Å². The quantitative estimate of drug-likeness (QED) is 0.160. The van der Waals surface area contributed by atoms with Gasteiger partial charge in [0.05, 0.1) is 5.92 Å². The second-order valence-corrected chi connectivity index (χ2v) is 9.58. The van der Waals surface area contributed by atoms with E-state index in [0.29, 0.717) is 32.4 Å². The number of nitrogens with one attached hydrogen (secondary N) is 1. The fourth-order valence-electron chi connectivity index (χ4n) is 4.75. The first-order valence-electron chi connectivity index (χ1n) is 11.8. The molecule has 1 saturated heterocycles. The number of rotatable bonds is 5. The Balaban J connectivity index is 1.79. The molecule has 0 amide bonds.